The molecule has 0 spiro atoms. The zero-order valence-electron chi connectivity index (χ0n) is 21.2. The Labute approximate surface area is 216 Å². The van der Waals surface area contributed by atoms with Crippen LogP contribution in [-0.2, 0) is 56.7 Å². The maximum Gasteiger partial charge on any atom is 0.283 e. The number of nitrogens with zero attached hydrogens (tertiary/aromatic N) is 2. The zero-order valence-corrected chi connectivity index (χ0v) is 22.1. The van der Waals surface area contributed by atoms with Crippen LogP contribution in [0.25, 0.3) is 11.1 Å². The number of aromatic nitrogens is 2. The largest absolute Gasteiger partial charge is 0.475 e. The summed E-state index contributed by atoms with van der Waals surface area (Å²) in [4.78, 5) is 12.9. The average Bonchev–Trinajstić information content (AvgIpc) is 3.33. The van der Waals surface area contributed by atoms with E-state index in [1.807, 2.05) is 13.8 Å². The topological polar surface area (TPSA) is 109 Å². The average molecular weight is 526 g/mol. The van der Waals surface area contributed by atoms with Crippen LogP contribution >= 0.6 is 0 Å². The molecule has 1 amide bonds. The van der Waals surface area contributed by atoms with Crippen LogP contribution in [0.5, 0.6) is 5.88 Å². The number of carbonyl (C=O) groups excluding carboxylic acids is 1. The fraction of sp³-hybridized carbons (Fsp3) is 0.407. The van der Waals surface area contributed by atoms with E-state index in [0.717, 1.165) is 40.8 Å². The molecule has 0 fully saturated rings. The van der Waals surface area contributed by atoms with E-state index in [4.69, 9.17) is 14.2 Å². The predicted molar refractivity (Wildman–Crippen MR) is 137 cm³/mol. The number of carbonyl (C=O) groups is 1. The summed E-state index contributed by atoms with van der Waals surface area (Å²) in [6, 6.07) is 11.9. The van der Waals surface area contributed by atoms with Crippen molar-refractivity contribution in [3.05, 3.63) is 64.2 Å². The van der Waals surface area contributed by atoms with E-state index >= 15 is 0 Å². The normalized spacial score (nSPS) is 17.0. The molecule has 1 aromatic heterocycles. The molecule has 196 valence electrons. The first-order valence-corrected chi connectivity index (χ1v) is 13.9. The number of amides is 1. The molecule has 0 saturated heterocycles. The third-order valence-electron chi connectivity index (χ3n) is 6.97. The van der Waals surface area contributed by atoms with Crippen LogP contribution in [0.2, 0.25) is 0 Å². The van der Waals surface area contributed by atoms with Crippen LogP contribution in [0.15, 0.2) is 41.4 Å². The molecule has 0 saturated carbocycles. The van der Waals surface area contributed by atoms with Crippen molar-refractivity contribution < 1.29 is 27.4 Å². The van der Waals surface area contributed by atoms with E-state index in [9.17, 15) is 13.2 Å². The van der Waals surface area contributed by atoms with E-state index in [1.165, 1.54) is 21.9 Å². The molecular formula is C27H31N3O6S. The predicted octanol–water partition coefficient (Wildman–Crippen LogP) is 2.95. The molecule has 1 atom stereocenters. The summed E-state index contributed by atoms with van der Waals surface area (Å²) in [6.07, 6.45) is 1.37. The number of aryl methyl sites for hydroxylation is 2. The number of benzene rings is 2. The standard InChI is InChI=1S/C27H31N3O6S/c1-4-18-10-21(20-6-5-19-7-8-35-15-22(19)11-20)9-17(2)24(18)12-25(31)29-37(32,33)26-13-27-30(28-26)14-23(34-3)16-36-27/h5-6,9-11,13,23H,4,7-8,12,14-16H2,1-3H3,(H,29,31). The maximum absolute atomic E-state index is 12.9. The lowest BCUT2D eigenvalue weighted by Gasteiger charge is -2.22. The van der Waals surface area contributed by atoms with Crippen LogP contribution < -0.4 is 9.46 Å². The molecule has 0 aliphatic carbocycles. The van der Waals surface area contributed by atoms with Crippen LogP contribution in [-0.4, -0.2) is 50.5 Å². The number of methoxy groups -OCH3 is 1. The van der Waals surface area contributed by atoms with Crippen LogP contribution in [0.1, 0.15) is 34.7 Å². The van der Waals surface area contributed by atoms with E-state index in [2.05, 4.69) is 40.2 Å². The Morgan fingerprint density at radius 3 is 2.81 bits per heavy atom. The van der Waals surface area contributed by atoms with Gasteiger partial charge in [-0.1, -0.05) is 31.2 Å². The minimum absolute atomic E-state index is 0.0532. The van der Waals surface area contributed by atoms with Crippen molar-refractivity contribution >= 4 is 15.9 Å². The van der Waals surface area contributed by atoms with Crippen molar-refractivity contribution in [1.82, 2.24) is 14.5 Å². The van der Waals surface area contributed by atoms with Crippen LogP contribution in [0, 0.1) is 6.92 Å². The Morgan fingerprint density at radius 2 is 2.03 bits per heavy atom. The molecular weight excluding hydrogens is 494 g/mol. The summed E-state index contributed by atoms with van der Waals surface area (Å²) in [5, 5.41) is 3.85. The fourth-order valence-corrected chi connectivity index (χ4v) is 5.83. The Morgan fingerprint density at radius 1 is 1.19 bits per heavy atom. The van der Waals surface area contributed by atoms with Crippen LogP contribution in [0.4, 0.5) is 0 Å². The first-order valence-electron chi connectivity index (χ1n) is 12.4. The number of rotatable bonds is 7. The number of hydrogen-bond donors (Lipinski definition) is 1. The van der Waals surface area contributed by atoms with Gasteiger partial charge in [-0.25, -0.2) is 9.40 Å². The van der Waals surface area contributed by atoms with Gasteiger partial charge in [0.2, 0.25) is 16.8 Å². The number of fused-ring (bicyclic) bond motifs is 2. The first-order chi connectivity index (χ1) is 17.8. The van der Waals surface area contributed by atoms with Crippen LogP contribution in [0.3, 0.4) is 0 Å². The monoisotopic (exact) mass is 525 g/mol. The lowest BCUT2D eigenvalue weighted by atomic mass is 9.90. The minimum Gasteiger partial charge on any atom is -0.475 e. The van der Waals surface area contributed by atoms with Crippen molar-refractivity contribution in [1.29, 1.82) is 0 Å². The quantitative estimate of drug-likeness (QED) is 0.505. The highest BCUT2D eigenvalue weighted by atomic mass is 32.2. The van der Waals surface area contributed by atoms with E-state index < -0.39 is 15.9 Å². The van der Waals surface area contributed by atoms with Gasteiger partial charge in [0, 0.05) is 13.2 Å². The molecule has 2 aliphatic rings. The summed E-state index contributed by atoms with van der Waals surface area (Å²) >= 11 is 0. The van der Waals surface area contributed by atoms with Gasteiger partial charge >= 0.3 is 0 Å². The van der Waals surface area contributed by atoms with Gasteiger partial charge in [-0.15, -0.1) is 0 Å². The second-order valence-corrected chi connectivity index (χ2v) is 11.1. The number of sulfonamides is 1. The molecule has 10 heteroatoms. The Kier molecular flexibility index (Phi) is 7.06. The van der Waals surface area contributed by atoms with E-state index in [-0.39, 0.29) is 17.6 Å². The van der Waals surface area contributed by atoms with Gasteiger partial charge in [0.05, 0.1) is 26.2 Å². The summed E-state index contributed by atoms with van der Waals surface area (Å²) in [7, 11) is -2.60. The molecule has 3 aromatic rings. The molecule has 2 aromatic carbocycles. The minimum atomic E-state index is -4.15. The third-order valence-corrected chi connectivity index (χ3v) is 8.21. The molecule has 0 bridgehead atoms. The summed E-state index contributed by atoms with van der Waals surface area (Å²) < 4.78 is 45.8. The second-order valence-electron chi connectivity index (χ2n) is 9.45. The summed E-state index contributed by atoms with van der Waals surface area (Å²) in [5.74, 6) is -0.285. The zero-order chi connectivity index (χ0) is 26.2. The molecule has 3 heterocycles. The van der Waals surface area contributed by atoms with Crippen molar-refractivity contribution in [3.8, 4) is 17.0 Å². The lowest BCUT2D eigenvalue weighted by molar-refractivity contribution is -0.118. The molecule has 5 rings (SSSR count). The molecule has 37 heavy (non-hydrogen) atoms. The highest BCUT2D eigenvalue weighted by molar-refractivity contribution is 7.90. The van der Waals surface area contributed by atoms with Gasteiger partial charge in [0.25, 0.3) is 10.0 Å². The SMILES string of the molecule is CCc1cc(-c2ccc3c(c2)COCC3)cc(C)c1CC(=O)NS(=O)(=O)c1cc2n(n1)CC(OC)CO2. The number of nitrogens with one attached hydrogen (secondary N) is 1. The van der Waals surface area contributed by atoms with Crippen molar-refractivity contribution in [2.24, 2.45) is 0 Å². The van der Waals surface area contributed by atoms with Gasteiger partial charge < -0.3 is 14.2 Å². The molecule has 1 N–H and O–H groups in total. The van der Waals surface area contributed by atoms with E-state index in [0.29, 0.717) is 32.1 Å². The highest BCUT2D eigenvalue weighted by Gasteiger charge is 2.28. The first kappa shape index (κ1) is 25.4. The van der Waals surface area contributed by atoms with Gasteiger partial charge in [-0.2, -0.15) is 13.5 Å². The number of ether oxygens (including phenoxy) is 3. The second kappa shape index (κ2) is 10.3. The van der Waals surface area contributed by atoms with Gasteiger partial charge in [0.1, 0.15) is 12.7 Å². The fourth-order valence-electron chi connectivity index (χ4n) is 4.89. The van der Waals surface area contributed by atoms with Crippen molar-refractivity contribution in [2.75, 3.05) is 20.3 Å². The Hall–Kier alpha value is -3.21. The molecule has 0 radical (unpaired) electrons. The molecule has 2 aliphatic heterocycles. The Bertz CT molecular complexity index is 1450. The Balaban J connectivity index is 1.34. The summed E-state index contributed by atoms with van der Waals surface area (Å²) in [5.41, 5.74) is 7.47. The maximum atomic E-state index is 12.9. The van der Waals surface area contributed by atoms with Crippen molar-refractivity contribution in [3.63, 3.8) is 0 Å². The van der Waals surface area contributed by atoms with Crippen molar-refractivity contribution in [2.45, 2.75) is 57.4 Å². The van der Waals surface area contributed by atoms with Gasteiger partial charge in [-0.3, -0.25) is 4.79 Å². The lowest BCUT2D eigenvalue weighted by Crippen LogP contribution is -2.33. The summed E-state index contributed by atoms with van der Waals surface area (Å²) in [6.45, 7) is 6.03. The smallest absolute Gasteiger partial charge is 0.283 e. The van der Waals surface area contributed by atoms with Gasteiger partial charge in [-0.05, 0) is 64.8 Å². The molecule has 9 nitrogen and oxygen atoms in total. The molecule has 1 unspecified atom stereocenters. The highest BCUT2D eigenvalue weighted by Crippen LogP contribution is 2.30. The third kappa shape index (κ3) is 5.27. The van der Waals surface area contributed by atoms with E-state index in [1.54, 1.807) is 7.11 Å². The van der Waals surface area contributed by atoms with Gasteiger partial charge in [0.15, 0.2) is 0 Å². The number of hydrogen-bond acceptors (Lipinski definition) is 7.